The van der Waals surface area contributed by atoms with Gasteiger partial charge in [-0.15, -0.1) is 11.3 Å². The molecule has 0 atom stereocenters. The highest BCUT2D eigenvalue weighted by Gasteiger charge is 2.11. The van der Waals surface area contributed by atoms with Crippen LogP contribution in [0, 0.1) is 12.7 Å². The van der Waals surface area contributed by atoms with E-state index in [1.807, 2.05) is 37.3 Å². The average Bonchev–Trinajstić information content (AvgIpc) is 2.95. The van der Waals surface area contributed by atoms with Crippen molar-refractivity contribution in [3.8, 4) is 11.3 Å². The molecule has 0 fully saturated rings. The summed E-state index contributed by atoms with van der Waals surface area (Å²) in [5.74, 6) is -0.874. The number of aromatic nitrogens is 1. The molecule has 0 aliphatic carbocycles. The standard InChI is InChI=1S/C19H14ClFN2OS/c1-12-18(13-6-3-2-4-7-13)23-19(25-12)22-17(24)11-10-14-15(20)8-5-9-16(14)21/h2-11H,1H3,(H,22,23,24)/b11-10+. The van der Waals surface area contributed by atoms with E-state index in [0.717, 1.165) is 16.1 Å². The smallest absolute Gasteiger partial charge is 0.250 e. The second-order valence-corrected chi connectivity index (χ2v) is 6.86. The first-order chi connectivity index (χ1) is 12.0. The minimum atomic E-state index is -0.479. The molecule has 1 heterocycles. The van der Waals surface area contributed by atoms with E-state index >= 15 is 0 Å². The minimum Gasteiger partial charge on any atom is -0.298 e. The number of carbonyl (C=O) groups is 1. The van der Waals surface area contributed by atoms with Crippen LogP contribution < -0.4 is 5.32 Å². The summed E-state index contributed by atoms with van der Waals surface area (Å²) in [4.78, 5) is 17.5. The molecule has 0 aliphatic rings. The average molecular weight is 373 g/mol. The van der Waals surface area contributed by atoms with Crippen LogP contribution in [0.3, 0.4) is 0 Å². The number of hydrogen-bond donors (Lipinski definition) is 1. The molecule has 25 heavy (non-hydrogen) atoms. The van der Waals surface area contributed by atoms with Crippen molar-refractivity contribution >= 4 is 40.1 Å². The molecule has 0 aliphatic heterocycles. The van der Waals surface area contributed by atoms with Crippen LogP contribution in [-0.2, 0) is 4.79 Å². The second kappa shape index (κ2) is 7.59. The summed E-state index contributed by atoms with van der Waals surface area (Å²) in [6.07, 6.45) is 2.59. The lowest BCUT2D eigenvalue weighted by atomic mass is 10.1. The molecule has 6 heteroatoms. The molecule has 3 nitrogen and oxygen atoms in total. The molecule has 1 N–H and O–H groups in total. The fourth-order valence-electron chi connectivity index (χ4n) is 2.29. The molecule has 3 aromatic rings. The normalized spacial score (nSPS) is 11.0. The van der Waals surface area contributed by atoms with Crippen LogP contribution in [0.2, 0.25) is 5.02 Å². The van der Waals surface area contributed by atoms with Crippen molar-refractivity contribution in [3.63, 3.8) is 0 Å². The molecule has 1 aromatic heterocycles. The number of benzene rings is 2. The summed E-state index contributed by atoms with van der Waals surface area (Å²) < 4.78 is 13.7. The minimum absolute atomic E-state index is 0.180. The topological polar surface area (TPSA) is 42.0 Å². The Labute approximate surface area is 153 Å². The molecule has 1 amide bonds. The summed E-state index contributed by atoms with van der Waals surface area (Å²) in [6.45, 7) is 1.95. The Morgan fingerprint density at radius 2 is 1.96 bits per heavy atom. The number of amides is 1. The molecule has 0 radical (unpaired) electrons. The number of nitrogens with zero attached hydrogens (tertiary/aromatic N) is 1. The summed E-state index contributed by atoms with van der Waals surface area (Å²) >= 11 is 7.32. The number of halogens is 2. The Kier molecular flexibility index (Phi) is 5.26. The SMILES string of the molecule is Cc1sc(NC(=O)/C=C/c2c(F)cccc2Cl)nc1-c1ccccc1. The third-order valence-electron chi connectivity index (χ3n) is 3.48. The number of aryl methyl sites for hydroxylation is 1. The highest BCUT2D eigenvalue weighted by molar-refractivity contribution is 7.16. The predicted molar refractivity (Wildman–Crippen MR) is 101 cm³/mol. The molecule has 0 saturated heterocycles. The molecule has 126 valence electrons. The molecule has 3 rings (SSSR count). The van der Waals surface area contributed by atoms with Crippen LogP contribution in [0.5, 0.6) is 0 Å². The van der Waals surface area contributed by atoms with E-state index in [1.165, 1.54) is 35.6 Å². The predicted octanol–water partition coefficient (Wildman–Crippen LogP) is 5.56. The van der Waals surface area contributed by atoms with Gasteiger partial charge in [-0.25, -0.2) is 9.37 Å². The van der Waals surface area contributed by atoms with Crippen LogP contribution in [-0.4, -0.2) is 10.9 Å². The van der Waals surface area contributed by atoms with Crippen molar-refractivity contribution < 1.29 is 9.18 Å². The van der Waals surface area contributed by atoms with Crippen LogP contribution in [0.25, 0.3) is 17.3 Å². The van der Waals surface area contributed by atoms with Gasteiger partial charge in [-0.3, -0.25) is 10.1 Å². The first-order valence-corrected chi connectivity index (χ1v) is 8.70. The highest BCUT2D eigenvalue weighted by Crippen LogP contribution is 2.30. The number of nitrogens with one attached hydrogen (secondary N) is 1. The lowest BCUT2D eigenvalue weighted by Crippen LogP contribution is -2.07. The van der Waals surface area contributed by atoms with Gasteiger partial charge in [0.1, 0.15) is 5.82 Å². The van der Waals surface area contributed by atoms with Crippen LogP contribution in [0.4, 0.5) is 9.52 Å². The van der Waals surface area contributed by atoms with E-state index in [-0.39, 0.29) is 10.6 Å². The highest BCUT2D eigenvalue weighted by atomic mass is 35.5. The zero-order valence-corrected chi connectivity index (χ0v) is 14.9. The molecule has 0 saturated carbocycles. The maximum absolute atomic E-state index is 13.7. The van der Waals surface area contributed by atoms with Crippen molar-refractivity contribution in [3.05, 3.63) is 75.9 Å². The van der Waals surface area contributed by atoms with Crippen molar-refractivity contribution in [1.29, 1.82) is 0 Å². The van der Waals surface area contributed by atoms with Crippen molar-refractivity contribution in [2.24, 2.45) is 0 Å². The molecule has 0 bridgehead atoms. The summed E-state index contributed by atoms with van der Waals surface area (Å²) in [5, 5.41) is 3.44. The Hall–Kier alpha value is -2.50. The number of anilines is 1. The van der Waals surface area contributed by atoms with Crippen molar-refractivity contribution in [1.82, 2.24) is 4.98 Å². The fraction of sp³-hybridized carbons (Fsp3) is 0.0526. The summed E-state index contributed by atoms with van der Waals surface area (Å²) in [6, 6.07) is 14.1. The van der Waals surface area contributed by atoms with Gasteiger partial charge in [-0.05, 0) is 25.1 Å². The Morgan fingerprint density at radius 1 is 1.20 bits per heavy atom. The van der Waals surface area contributed by atoms with Gasteiger partial charge in [0.15, 0.2) is 5.13 Å². The van der Waals surface area contributed by atoms with Gasteiger partial charge in [0.2, 0.25) is 5.91 Å². The molecule has 0 unspecified atom stereocenters. The molecular formula is C19H14ClFN2OS. The van der Waals surface area contributed by atoms with Crippen LogP contribution >= 0.6 is 22.9 Å². The quantitative estimate of drug-likeness (QED) is 0.609. The first-order valence-electron chi connectivity index (χ1n) is 7.50. The molecule has 0 spiro atoms. The van der Waals surface area contributed by atoms with E-state index in [1.54, 1.807) is 6.07 Å². The van der Waals surface area contributed by atoms with E-state index in [4.69, 9.17) is 11.6 Å². The van der Waals surface area contributed by atoms with Gasteiger partial charge in [-0.2, -0.15) is 0 Å². The molecular weight excluding hydrogens is 359 g/mol. The second-order valence-electron chi connectivity index (χ2n) is 5.25. The first kappa shape index (κ1) is 17.3. The zero-order valence-electron chi connectivity index (χ0n) is 13.3. The monoisotopic (exact) mass is 372 g/mol. The lowest BCUT2D eigenvalue weighted by Gasteiger charge is -2.00. The fourth-order valence-corrected chi connectivity index (χ4v) is 3.35. The summed E-state index contributed by atoms with van der Waals surface area (Å²) in [5.41, 5.74) is 2.01. The third kappa shape index (κ3) is 4.13. The van der Waals surface area contributed by atoms with Gasteiger partial charge >= 0.3 is 0 Å². The Balaban J connectivity index is 1.75. The number of rotatable bonds is 4. The van der Waals surface area contributed by atoms with E-state index < -0.39 is 11.7 Å². The van der Waals surface area contributed by atoms with Crippen molar-refractivity contribution in [2.45, 2.75) is 6.92 Å². The zero-order chi connectivity index (χ0) is 17.8. The van der Waals surface area contributed by atoms with Gasteiger partial charge in [0.05, 0.1) is 10.7 Å². The van der Waals surface area contributed by atoms with Gasteiger partial charge in [0.25, 0.3) is 0 Å². The number of thiazole rings is 1. The van der Waals surface area contributed by atoms with E-state index in [9.17, 15) is 9.18 Å². The van der Waals surface area contributed by atoms with Gasteiger partial charge in [-0.1, -0.05) is 48.0 Å². The van der Waals surface area contributed by atoms with Gasteiger partial charge < -0.3 is 0 Å². The summed E-state index contributed by atoms with van der Waals surface area (Å²) in [7, 11) is 0. The van der Waals surface area contributed by atoms with E-state index in [2.05, 4.69) is 10.3 Å². The lowest BCUT2D eigenvalue weighted by molar-refractivity contribution is -0.111. The van der Waals surface area contributed by atoms with Gasteiger partial charge in [0, 0.05) is 22.1 Å². The van der Waals surface area contributed by atoms with Crippen LogP contribution in [0.15, 0.2) is 54.6 Å². The number of carbonyl (C=O) groups excluding carboxylic acids is 1. The van der Waals surface area contributed by atoms with Crippen molar-refractivity contribution in [2.75, 3.05) is 5.32 Å². The van der Waals surface area contributed by atoms with E-state index in [0.29, 0.717) is 5.13 Å². The Morgan fingerprint density at radius 3 is 2.68 bits per heavy atom. The third-order valence-corrected chi connectivity index (χ3v) is 4.69. The Bertz CT molecular complexity index is 918. The maximum atomic E-state index is 13.7. The van der Waals surface area contributed by atoms with Crippen LogP contribution in [0.1, 0.15) is 10.4 Å². The number of hydrogen-bond acceptors (Lipinski definition) is 3. The maximum Gasteiger partial charge on any atom is 0.250 e. The largest absolute Gasteiger partial charge is 0.298 e. The molecule has 2 aromatic carbocycles.